The number of carbonyl (C=O) groups excluding carboxylic acids is 3. The van der Waals surface area contributed by atoms with Gasteiger partial charge in [0.15, 0.2) is 11.6 Å². The predicted molar refractivity (Wildman–Crippen MR) is 84.3 cm³/mol. The molecule has 1 aromatic carbocycles. The average molecular weight is 315 g/mol. The lowest BCUT2D eigenvalue weighted by Crippen LogP contribution is -2.36. The van der Waals surface area contributed by atoms with Gasteiger partial charge in [-0.1, -0.05) is 17.3 Å². The van der Waals surface area contributed by atoms with Crippen LogP contribution in [-0.4, -0.2) is 29.3 Å². The van der Waals surface area contributed by atoms with Gasteiger partial charge in [-0.05, 0) is 26.0 Å². The Morgan fingerprint density at radius 3 is 2.52 bits per heavy atom. The fourth-order valence-corrected chi connectivity index (χ4v) is 2.03. The molecule has 0 radical (unpaired) electrons. The number of ketones is 1. The quantitative estimate of drug-likeness (QED) is 0.854. The third-order valence-corrected chi connectivity index (χ3v) is 3.14. The van der Waals surface area contributed by atoms with Crippen LogP contribution in [0.25, 0.3) is 0 Å². The van der Waals surface area contributed by atoms with Gasteiger partial charge in [0.2, 0.25) is 11.8 Å². The number of anilines is 2. The van der Waals surface area contributed by atoms with Crippen LogP contribution in [0, 0.1) is 6.92 Å². The van der Waals surface area contributed by atoms with E-state index in [9.17, 15) is 14.4 Å². The predicted octanol–water partition coefficient (Wildman–Crippen LogP) is 2.18. The molecule has 2 rings (SSSR count). The Hall–Kier alpha value is -2.96. The average Bonchev–Trinajstić information content (AvgIpc) is 2.89. The minimum absolute atomic E-state index is 0.113. The highest BCUT2D eigenvalue weighted by atomic mass is 16.5. The molecule has 7 nitrogen and oxygen atoms in total. The highest BCUT2D eigenvalue weighted by Gasteiger charge is 2.17. The monoisotopic (exact) mass is 315 g/mol. The largest absolute Gasteiger partial charge is 0.360 e. The summed E-state index contributed by atoms with van der Waals surface area (Å²) in [4.78, 5) is 36.7. The van der Waals surface area contributed by atoms with Crippen molar-refractivity contribution < 1.29 is 18.9 Å². The molecule has 7 heteroatoms. The van der Waals surface area contributed by atoms with E-state index in [1.807, 2.05) is 0 Å². The second-order valence-electron chi connectivity index (χ2n) is 5.08. The van der Waals surface area contributed by atoms with E-state index in [0.717, 1.165) is 0 Å². The normalized spacial score (nSPS) is 10.2. The summed E-state index contributed by atoms with van der Waals surface area (Å²) < 4.78 is 4.86. The lowest BCUT2D eigenvalue weighted by atomic mass is 10.1. The minimum atomic E-state index is -0.415. The number of benzene rings is 1. The van der Waals surface area contributed by atoms with Gasteiger partial charge < -0.3 is 14.7 Å². The van der Waals surface area contributed by atoms with Crippen LogP contribution < -0.4 is 10.2 Å². The fourth-order valence-electron chi connectivity index (χ4n) is 2.03. The molecular formula is C16H17N3O4. The maximum atomic E-state index is 12.1. The van der Waals surface area contributed by atoms with E-state index in [1.54, 1.807) is 37.3 Å². The molecule has 1 N–H and O–H groups in total. The number of Topliss-reactive ketones (excluding diaryl/α,β-unsaturated/α-hetero) is 1. The summed E-state index contributed by atoms with van der Waals surface area (Å²) in [5.74, 6) is 0.0168. The summed E-state index contributed by atoms with van der Waals surface area (Å²) in [5, 5.41) is 6.21. The molecule has 2 aromatic rings. The molecule has 0 saturated carbocycles. The first-order valence-corrected chi connectivity index (χ1v) is 6.99. The Morgan fingerprint density at radius 2 is 1.96 bits per heavy atom. The van der Waals surface area contributed by atoms with Crippen LogP contribution in [0.1, 0.15) is 30.0 Å². The SMILES string of the molecule is CC(=O)c1cccc(N(CC(=O)Nc2cc(C)on2)C(C)=O)c1. The third-order valence-electron chi connectivity index (χ3n) is 3.14. The van der Waals surface area contributed by atoms with Crippen LogP contribution in [-0.2, 0) is 9.59 Å². The molecule has 0 aliphatic rings. The van der Waals surface area contributed by atoms with Gasteiger partial charge in [0, 0.05) is 24.2 Å². The first-order chi connectivity index (χ1) is 10.9. The van der Waals surface area contributed by atoms with Gasteiger partial charge in [-0.15, -0.1) is 0 Å². The van der Waals surface area contributed by atoms with Crippen molar-refractivity contribution in [2.75, 3.05) is 16.8 Å². The number of nitrogens with zero attached hydrogens (tertiary/aromatic N) is 2. The first kappa shape index (κ1) is 16.4. The number of nitrogens with one attached hydrogen (secondary N) is 1. The summed E-state index contributed by atoms with van der Waals surface area (Å²) in [6, 6.07) is 8.15. The van der Waals surface area contributed by atoms with Crippen molar-refractivity contribution in [3.63, 3.8) is 0 Å². The summed E-state index contributed by atoms with van der Waals surface area (Å²) in [7, 11) is 0. The van der Waals surface area contributed by atoms with Crippen LogP contribution in [0.4, 0.5) is 11.5 Å². The Kier molecular flexibility index (Phi) is 4.90. The van der Waals surface area contributed by atoms with Gasteiger partial charge in [-0.2, -0.15) is 0 Å². The van der Waals surface area contributed by atoms with Crippen molar-refractivity contribution in [1.82, 2.24) is 5.16 Å². The Bertz CT molecular complexity index is 751. The van der Waals surface area contributed by atoms with E-state index >= 15 is 0 Å². The molecule has 23 heavy (non-hydrogen) atoms. The second kappa shape index (κ2) is 6.87. The Labute approximate surface area is 133 Å². The Balaban J connectivity index is 2.15. The fraction of sp³-hybridized carbons (Fsp3) is 0.250. The molecule has 0 aliphatic carbocycles. The van der Waals surface area contributed by atoms with Gasteiger partial charge in [0.1, 0.15) is 12.3 Å². The zero-order valence-corrected chi connectivity index (χ0v) is 13.1. The van der Waals surface area contributed by atoms with Gasteiger partial charge in [0.25, 0.3) is 0 Å². The molecule has 0 unspecified atom stereocenters. The van der Waals surface area contributed by atoms with E-state index in [1.165, 1.54) is 18.7 Å². The molecule has 0 atom stereocenters. The van der Waals surface area contributed by atoms with Crippen LogP contribution in [0.3, 0.4) is 0 Å². The number of hydrogen-bond acceptors (Lipinski definition) is 5. The maximum Gasteiger partial charge on any atom is 0.245 e. The molecule has 0 spiro atoms. The van der Waals surface area contributed by atoms with E-state index in [4.69, 9.17) is 4.52 Å². The topological polar surface area (TPSA) is 92.5 Å². The van der Waals surface area contributed by atoms with E-state index in [2.05, 4.69) is 10.5 Å². The van der Waals surface area contributed by atoms with Crippen molar-refractivity contribution in [2.24, 2.45) is 0 Å². The van der Waals surface area contributed by atoms with Crippen LogP contribution in [0.2, 0.25) is 0 Å². The standard InChI is InChI=1S/C16H17N3O4/c1-10-7-15(18-23-10)17-16(22)9-19(12(3)21)14-6-4-5-13(8-14)11(2)20/h4-8H,9H2,1-3H3,(H,17,18,22). The number of carbonyl (C=O) groups is 3. The number of aromatic nitrogens is 1. The molecule has 2 amide bonds. The van der Waals surface area contributed by atoms with E-state index in [-0.39, 0.29) is 24.1 Å². The van der Waals surface area contributed by atoms with Gasteiger partial charge >= 0.3 is 0 Å². The van der Waals surface area contributed by atoms with E-state index in [0.29, 0.717) is 17.0 Å². The highest BCUT2D eigenvalue weighted by Crippen LogP contribution is 2.17. The highest BCUT2D eigenvalue weighted by molar-refractivity contribution is 6.02. The van der Waals surface area contributed by atoms with Crippen LogP contribution >= 0.6 is 0 Å². The molecule has 0 saturated heterocycles. The zero-order valence-electron chi connectivity index (χ0n) is 13.1. The maximum absolute atomic E-state index is 12.1. The Morgan fingerprint density at radius 1 is 1.22 bits per heavy atom. The molecule has 1 heterocycles. The summed E-state index contributed by atoms with van der Waals surface area (Å²) >= 11 is 0. The molecule has 0 bridgehead atoms. The van der Waals surface area contributed by atoms with Crippen LogP contribution in [0.5, 0.6) is 0 Å². The lowest BCUT2D eigenvalue weighted by Gasteiger charge is -2.20. The molecule has 0 fully saturated rings. The lowest BCUT2D eigenvalue weighted by molar-refractivity contribution is -0.120. The zero-order chi connectivity index (χ0) is 17.0. The number of aryl methyl sites for hydroxylation is 1. The summed E-state index contributed by atoms with van der Waals surface area (Å²) in [6.45, 7) is 4.31. The smallest absolute Gasteiger partial charge is 0.245 e. The van der Waals surface area contributed by atoms with Gasteiger partial charge in [0.05, 0.1) is 0 Å². The number of rotatable bonds is 5. The molecule has 0 aliphatic heterocycles. The second-order valence-corrected chi connectivity index (χ2v) is 5.08. The van der Waals surface area contributed by atoms with Crippen molar-refractivity contribution in [2.45, 2.75) is 20.8 Å². The van der Waals surface area contributed by atoms with E-state index < -0.39 is 5.91 Å². The van der Waals surface area contributed by atoms with Crippen molar-refractivity contribution in [3.8, 4) is 0 Å². The summed E-state index contributed by atoms with van der Waals surface area (Å²) in [5.41, 5.74) is 0.956. The first-order valence-electron chi connectivity index (χ1n) is 6.99. The third kappa shape index (κ3) is 4.26. The van der Waals surface area contributed by atoms with Crippen LogP contribution in [0.15, 0.2) is 34.9 Å². The summed E-state index contributed by atoms with van der Waals surface area (Å²) in [6.07, 6.45) is 0. The van der Waals surface area contributed by atoms with Crippen molar-refractivity contribution in [1.29, 1.82) is 0 Å². The van der Waals surface area contributed by atoms with Gasteiger partial charge in [-0.25, -0.2) is 0 Å². The number of hydrogen-bond donors (Lipinski definition) is 1. The van der Waals surface area contributed by atoms with Crippen molar-refractivity contribution in [3.05, 3.63) is 41.7 Å². The van der Waals surface area contributed by atoms with Crippen molar-refractivity contribution >= 4 is 29.1 Å². The molecular weight excluding hydrogens is 298 g/mol. The number of amides is 2. The molecule has 120 valence electrons. The molecule has 1 aromatic heterocycles. The minimum Gasteiger partial charge on any atom is -0.360 e. The van der Waals surface area contributed by atoms with Gasteiger partial charge in [-0.3, -0.25) is 14.4 Å².